The lowest BCUT2D eigenvalue weighted by molar-refractivity contribution is -0.137. The number of carbonyl (C=O) groups is 2. The number of rotatable bonds is 3. The number of fused-ring (bicyclic) bond motifs is 1. The minimum Gasteiger partial charge on any atom is -0.459 e. The molecule has 2 aliphatic rings. The van der Waals surface area contributed by atoms with E-state index in [1.807, 2.05) is 4.90 Å². The van der Waals surface area contributed by atoms with Crippen LogP contribution >= 0.6 is 11.3 Å². The number of furan rings is 1. The highest BCUT2D eigenvalue weighted by molar-refractivity contribution is 7.22. The lowest BCUT2D eigenvalue weighted by Crippen LogP contribution is -2.58. The molecule has 7 nitrogen and oxygen atoms in total. The summed E-state index contributed by atoms with van der Waals surface area (Å²) in [6.07, 6.45) is 1.48. The SMILES string of the molecule is O=C(c1ccco1)N1CCN(C(=O)C2CN(c3nc4ccc(F)cc4s3)C2)CC1. The summed E-state index contributed by atoms with van der Waals surface area (Å²) in [7, 11) is 0. The monoisotopic (exact) mass is 414 g/mol. The smallest absolute Gasteiger partial charge is 0.289 e. The molecule has 0 spiro atoms. The molecule has 2 saturated heterocycles. The topological polar surface area (TPSA) is 69.9 Å². The molecule has 150 valence electrons. The van der Waals surface area contributed by atoms with Gasteiger partial charge in [-0.05, 0) is 30.3 Å². The van der Waals surface area contributed by atoms with Crippen LogP contribution in [0.2, 0.25) is 0 Å². The Morgan fingerprint density at radius 2 is 1.86 bits per heavy atom. The van der Waals surface area contributed by atoms with E-state index >= 15 is 0 Å². The van der Waals surface area contributed by atoms with Gasteiger partial charge in [-0.3, -0.25) is 9.59 Å². The number of thiazole rings is 1. The minimum atomic E-state index is -0.269. The normalized spacial score (nSPS) is 17.6. The van der Waals surface area contributed by atoms with Gasteiger partial charge in [0.15, 0.2) is 10.9 Å². The summed E-state index contributed by atoms with van der Waals surface area (Å²) < 4.78 is 19.3. The maximum atomic E-state index is 13.4. The third-order valence-corrected chi connectivity index (χ3v) is 6.53. The van der Waals surface area contributed by atoms with Crippen LogP contribution in [0.5, 0.6) is 0 Å². The minimum absolute atomic E-state index is 0.0638. The van der Waals surface area contributed by atoms with Crippen LogP contribution in [0.25, 0.3) is 10.2 Å². The Morgan fingerprint density at radius 3 is 2.59 bits per heavy atom. The number of nitrogens with zero attached hydrogens (tertiary/aromatic N) is 4. The van der Waals surface area contributed by atoms with Crippen molar-refractivity contribution >= 4 is 38.5 Å². The first-order chi connectivity index (χ1) is 14.1. The van der Waals surface area contributed by atoms with Gasteiger partial charge in [0.05, 0.1) is 22.4 Å². The summed E-state index contributed by atoms with van der Waals surface area (Å²) in [6.45, 7) is 3.31. The van der Waals surface area contributed by atoms with Crippen LogP contribution in [0.15, 0.2) is 41.0 Å². The van der Waals surface area contributed by atoms with Crippen molar-refractivity contribution in [3.63, 3.8) is 0 Å². The summed E-state index contributed by atoms with van der Waals surface area (Å²) in [4.78, 5) is 35.3. The third kappa shape index (κ3) is 3.35. The average molecular weight is 414 g/mol. The number of halogens is 1. The van der Waals surface area contributed by atoms with Crippen molar-refractivity contribution in [1.29, 1.82) is 0 Å². The zero-order valence-electron chi connectivity index (χ0n) is 15.6. The van der Waals surface area contributed by atoms with Gasteiger partial charge < -0.3 is 19.1 Å². The number of benzene rings is 1. The molecule has 1 aromatic carbocycles. The van der Waals surface area contributed by atoms with Gasteiger partial charge in [-0.1, -0.05) is 11.3 Å². The highest BCUT2D eigenvalue weighted by Gasteiger charge is 2.38. The van der Waals surface area contributed by atoms with E-state index in [2.05, 4.69) is 9.88 Å². The van der Waals surface area contributed by atoms with E-state index in [1.165, 1.54) is 29.7 Å². The summed E-state index contributed by atoms with van der Waals surface area (Å²) in [6, 6.07) is 7.92. The number of hydrogen-bond acceptors (Lipinski definition) is 6. The summed E-state index contributed by atoms with van der Waals surface area (Å²) in [5, 5.41) is 0.823. The molecule has 4 heterocycles. The molecule has 29 heavy (non-hydrogen) atoms. The Kier molecular flexibility index (Phi) is 4.46. The van der Waals surface area contributed by atoms with Gasteiger partial charge in [0.2, 0.25) is 5.91 Å². The van der Waals surface area contributed by atoms with Gasteiger partial charge in [-0.15, -0.1) is 0 Å². The van der Waals surface area contributed by atoms with E-state index in [9.17, 15) is 14.0 Å². The maximum absolute atomic E-state index is 13.4. The fourth-order valence-corrected chi connectivity index (χ4v) is 4.77. The molecule has 0 atom stereocenters. The van der Waals surface area contributed by atoms with Crippen molar-refractivity contribution in [3.05, 3.63) is 48.2 Å². The zero-order valence-corrected chi connectivity index (χ0v) is 16.4. The van der Waals surface area contributed by atoms with Gasteiger partial charge >= 0.3 is 0 Å². The Hall–Kier alpha value is -2.94. The van der Waals surface area contributed by atoms with Crippen LogP contribution < -0.4 is 4.90 Å². The van der Waals surface area contributed by atoms with Crippen molar-refractivity contribution in [2.24, 2.45) is 5.92 Å². The van der Waals surface area contributed by atoms with Gasteiger partial charge in [-0.2, -0.15) is 0 Å². The molecule has 5 rings (SSSR count). The number of carbonyl (C=O) groups excluding carboxylic acids is 2. The molecule has 0 unspecified atom stereocenters. The largest absolute Gasteiger partial charge is 0.459 e. The van der Waals surface area contributed by atoms with E-state index in [4.69, 9.17) is 4.42 Å². The number of aromatic nitrogens is 1. The molecular formula is C20H19FN4O3S. The third-order valence-electron chi connectivity index (χ3n) is 5.45. The standard InChI is InChI=1S/C20H19FN4O3S/c21-14-3-4-15-17(10-14)29-20(22-15)25-11-13(12-25)18(26)23-5-7-24(8-6-23)19(27)16-2-1-9-28-16/h1-4,9-10,13H,5-8,11-12H2. The number of anilines is 1. The summed E-state index contributed by atoms with van der Waals surface area (Å²) in [5.41, 5.74) is 0.776. The van der Waals surface area contributed by atoms with E-state index in [0.29, 0.717) is 45.0 Å². The molecule has 2 aromatic heterocycles. The van der Waals surface area contributed by atoms with Gasteiger partial charge in [0.25, 0.3) is 5.91 Å². The maximum Gasteiger partial charge on any atom is 0.289 e. The second-order valence-corrected chi connectivity index (χ2v) is 8.31. The molecule has 2 amide bonds. The first-order valence-electron chi connectivity index (χ1n) is 9.51. The second-order valence-electron chi connectivity index (χ2n) is 7.31. The van der Waals surface area contributed by atoms with Gasteiger partial charge in [0, 0.05) is 39.3 Å². The molecular weight excluding hydrogens is 395 g/mol. The Labute approximate surface area is 170 Å². The van der Waals surface area contributed by atoms with E-state index in [-0.39, 0.29) is 23.5 Å². The lowest BCUT2D eigenvalue weighted by atomic mass is 9.99. The van der Waals surface area contributed by atoms with E-state index in [1.54, 1.807) is 23.1 Å². The highest BCUT2D eigenvalue weighted by atomic mass is 32.1. The quantitative estimate of drug-likeness (QED) is 0.659. The summed E-state index contributed by atoms with van der Waals surface area (Å²) in [5.74, 6) is -0.0158. The van der Waals surface area contributed by atoms with Gasteiger partial charge in [-0.25, -0.2) is 9.37 Å². The molecule has 0 bridgehead atoms. The molecule has 3 aromatic rings. The number of amides is 2. The first-order valence-corrected chi connectivity index (χ1v) is 10.3. The predicted octanol–water partition coefficient (Wildman–Crippen LogP) is 2.45. The fourth-order valence-electron chi connectivity index (χ4n) is 3.76. The molecule has 0 aliphatic carbocycles. The van der Waals surface area contributed by atoms with Crippen molar-refractivity contribution in [2.45, 2.75) is 0 Å². The molecule has 2 fully saturated rings. The zero-order chi connectivity index (χ0) is 20.0. The van der Waals surface area contributed by atoms with Crippen molar-refractivity contribution in [3.8, 4) is 0 Å². The van der Waals surface area contributed by atoms with Gasteiger partial charge in [0.1, 0.15) is 5.82 Å². The van der Waals surface area contributed by atoms with Crippen molar-refractivity contribution in [1.82, 2.24) is 14.8 Å². The van der Waals surface area contributed by atoms with Crippen LogP contribution in [-0.2, 0) is 4.79 Å². The van der Waals surface area contributed by atoms with Crippen LogP contribution in [0.3, 0.4) is 0 Å². The van der Waals surface area contributed by atoms with Crippen molar-refractivity contribution < 1.29 is 18.4 Å². The Morgan fingerprint density at radius 1 is 1.10 bits per heavy atom. The fraction of sp³-hybridized carbons (Fsp3) is 0.350. The van der Waals surface area contributed by atoms with Crippen LogP contribution in [0.1, 0.15) is 10.6 Å². The van der Waals surface area contributed by atoms with E-state index < -0.39 is 0 Å². The van der Waals surface area contributed by atoms with Crippen LogP contribution in [-0.4, -0.2) is 65.9 Å². The van der Waals surface area contributed by atoms with E-state index in [0.717, 1.165) is 15.3 Å². The number of hydrogen-bond donors (Lipinski definition) is 0. The molecule has 9 heteroatoms. The molecule has 0 saturated carbocycles. The Bertz CT molecular complexity index is 1050. The molecule has 2 aliphatic heterocycles. The predicted molar refractivity (Wildman–Crippen MR) is 106 cm³/mol. The second kappa shape index (κ2) is 7.14. The molecule has 0 N–H and O–H groups in total. The van der Waals surface area contributed by atoms with Crippen molar-refractivity contribution in [2.75, 3.05) is 44.2 Å². The van der Waals surface area contributed by atoms with Crippen LogP contribution in [0, 0.1) is 11.7 Å². The average Bonchev–Trinajstić information content (AvgIpc) is 3.36. The number of piperazine rings is 1. The highest BCUT2D eigenvalue weighted by Crippen LogP contribution is 2.33. The lowest BCUT2D eigenvalue weighted by Gasteiger charge is -2.42. The Balaban J connectivity index is 1.15. The summed E-state index contributed by atoms with van der Waals surface area (Å²) >= 11 is 1.44. The molecule has 0 radical (unpaired) electrons. The first kappa shape index (κ1) is 18.1. The van der Waals surface area contributed by atoms with Crippen LogP contribution in [0.4, 0.5) is 9.52 Å².